The van der Waals surface area contributed by atoms with Crippen LogP contribution in [0.5, 0.6) is 0 Å². The number of benzene rings is 2. The first-order valence-electron chi connectivity index (χ1n) is 7.76. The molecule has 0 aromatic heterocycles. The Labute approximate surface area is 126 Å². The van der Waals surface area contributed by atoms with Crippen molar-refractivity contribution < 1.29 is 4.79 Å². The smallest absolute Gasteiger partial charge is 0.232 e. The molecule has 0 spiro atoms. The van der Waals surface area contributed by atoms with Gasteiger partial charge in [0, 0.05) is 11.6 Å². The minimum absolute atomic E-state index is 0.0763. The van der Waals surface area contributed by atoms with Gasteiger partial charge in [0.2, 0.25) is 5.91 Å². The van der Waals surface area contributed by atoms with Gasteiger partial charge in [0.25, 0.3) is 0 Å². The second-order valence-corrected chi connectivity index (χ2v) is 5.71. The van der Waals surface area contributed by atoms with Gasteiger partial charge in [-0.1, -0.05) is 68.3 Å². The SMILES string of the molecule is CCCCC1c2ccccc2NC(=O)C1c1ccccc1. The van der Waals surface area contributed by atoms with E-state index in [1.807, 2.05) is 30.3 Å². The van der Waals surface area contributed by atoms with E-state index < -0.39 is 0 Å². The molecule has 0 saturated heterocycles. The molecule has 2 atom stereocenters. The highest BCUT2D eigenvalue weighted by Crippen LogP contribution is 2.43. The van der Waals surface area contributed by atoms with E-state index in [1.54, 1.807) is 0 Å². The molecule has 3 rings (SSSR count). The van der Waals surface area contributed by atoms with Crippen LogP contribution in [0.15, 0.2) is 54.6 Å². The van der Waals surface area contributed by atoms with Crippen molar-refractivity contribution in [2.75, 3.05) is 5.32 Å². The Hall–Kier alpha value is -2.09. The van der Waals surface area contributed by atoms with Gasteiger partial charge in [-0.2, -0.15) is 0 Å². The van der Waals surface area contributed by atoms with Crippen LogP contribution < -0.4 is 5.32 Å². The Morgan fingerprint density at radius 3 is 2.48 bits per heavy atom. The summed E-state index contributed by atoms with van der Waals surface area (Å²) >= 11 is 0. The first kappa shape index (κ1) is 13.9. The molecular formula is C19H21NO. The number of hydrogen-bond acceptors (Lipinski definition) is 1. The lowest BCUT2D eigenvalue weighted by molar-refractivity contribution is -0.118. The van der Waals surface area contributed by atoms with E-state index in [0.717, 1.165) is 30.5 Å². The lowest BCUT2D eigenvalue weighted by atomic mass is 9.75. The molecule has 0 fully saturated rings. The molecule has 2 aromatic carbocycles. The number of rotatable bonds is 4. The lowest BCUT2D eigenvalue weighted by Gasteiger charge is -2.33. The minimum Gasteiger partial charge on any atom is -0.325 e. The van der Waals surface area contributed by atoms with Crippen molar-refractivity contribution >= 4 is 11.6 Å². The Bertz CT molecular complexity index is 620. The fourth-order valence-corrected chi connectivity index (χ4v) is 3.30. The summed E-state index contributed by atoms with van der Waals surface area (Å²) in [6.07, 6.45) is 3.36. The lowest BCUT2D eigenvalue weighted by Crippen LogP contribution is -2.32. The summed E-state index contributed by atoms with van der Waals surface area (Å²) in [4.78, 5) is 12.6. The highest BCUT2D eigenvalue weighted by atomic mass is 16.2. The van der Waals surface area contributed by atoms with Crippen LogP contribution in [0.3, 0.4) is 0 Å². The number of amides is 1. The normalized spacial score (nSPS) is 20.7. The van der Waals surface area contributed by atoms with Gasteiger partial charge < -0.3 is 5.32 Å². The Kier molecular flexibility index (Phi) is 4.05. The fraction of sp³-hybridized carbons (Fsp3) is 0.316. The molecule has 21 heavy (non-hydrogen) atoms. The molecule has 0 aliphatic carbocycles. The summed E-state index contributed by atoms with van der Waals surface area (Å²) in [5, 5.41) is 3.08. The summed E-state index contributed by atoms with van der Waals surface area (Å²) in [5.74, 6) is 0.325. The average Bonchev–Trinajstić information content (AvgIpc) is 2.53. The van der Waals surface area contributed by atoms with Crippen molar-refractivity contribution in [2.24, 2.45) is 0 Å². The van der Waals surface area contributed by atoms with Gasteiger partial charge in [0.1, 0.15) is 0 Å². The molecule has 0 bridgehead atoms. The largest absolute Gasteiger partial charge is 0.325 e. The van der Waals surface area contributed by atoms with E-state index in [9.17, 15) is 4.79 Å². The summed E-state index contributed by atoms with van der Waals surface area (Å²) in [6.45, 7) is 2.20. The van der Waals surface area contributed by atoms with E-state index in [4.69, 9.17) is 0 Å². The summed E-state index contributed by atoms with van der Waals surface area (Å²) in [5.41, 5.74) is 3.38. The molecule has 1 aliphatic heterocycles. The molecule has 2 unspecified atom stereocenters. The number of hydrogen-bond donors (Lipinski definition) is 1. The monoisotopic (exact) mass is 279 g/mol. The van der Waals surface area contributed by atoms with Gasteiger partial charge in [-0.3, -0.25) is 4.79 Å². The second kappa shape index (κ2) is 6.13. The van der Waals surface area contributed by atoms with Crippen molar-refractivity contribution in [2.45, 2.75) is 38.0 Å². The van der Waals surface area contributed by atoms with Gasteiger partial charge in [0.15, 0.2) is 0 Å². The van der Waals surface area contributed by atoms with Crippen LogP contribution >= 0.6 is 0 Å². The molecule has 2 aromatic rings. The summed E-state index contributed by atoms with van der Waals surface area (Å²) < 4.78 is 0. The van der Waals surface area contributed by atoms with Crippen molar-refractivity contribution in [1.82, 2.24) is 0 Å². The van der Waals surface area contributed by atoms with Crippen LogP contribution in [0.1, 0.15) is 49.1 Å². The predicted octanol–water partition coefficient (Wildman–Crippen LogP) is 4.70. The van der Waals surface area contributed by atoms with Gasteiger partial charge >= 0.3 is 0 Å². The van der Waals surface area contributed by atoms with E-state index in [2.05, 4.69) is 36.5 Å². The third-order valence-electron chi connectivity index (χ3n) is 4.33. The molecule has 108 valence electrons. The first-order valence-corrected chi connectivity index (χ1v) is 7.76. The number of unbranched alkanes of at least 4 members (excludes halogenated alkanes) is 1. The molecule has 0 saturated carbocycles. The third kappa shape index (κ3) is 2.71. The molecule has 1 heterocycles. The number of carbonyl (C=O) groups excluding carboxylic acids is 1. The number of nitrogens with one attached hydrogen (secondary N) is 1. The van der Waals surface area contributed by atoms with Gasteiger partial charge in [-0.15, -0.1) is 0 Å². The van der Waals surface area contributed by atoms with Crippen molar-refractivity contribution in [3.63, 3.8) is 0 Å². The minimum atomic E-state index is -0.0763. The highest BCUT2D eigenvalue weighted by Gasteiger charge is 2.35. The predicted molar refractivity (Wildman–Crippen MR) is 86.5 cm³/mol. The van der Waals surface area contributed by atoms with E-state index >= 15 is 0 Å². The maximum atomic E-state index is 12.6. The van der Waals surface area contributed by atoms with Gasteiger partial charge in [-0.25, -0.2) is 0 Å². The van der Waals surface area contributed by atoms with Gasteiger partial charge in [0.05, 0.1) is 5.92 Å². The van der Waals surface area contributed by atoms with Crippen LogP contribution in [-0.2, 0) is 4.79 Å². The Morgan fingerprint density at radius 1 is 1.00 bits per heavy atom. The standard InChI is InChI=1S/C19H21NO/c1-2-3-11-16-15-12-7-8-13-17(15)20-19(21)18(16)14-9-5-4-6-10-14/h4-10,12-13,16,18H,2-3,11H2,1H3,(H,20,21). The maximum Gasteiger partial charge on any atom is 0.232 e. The molecular weight excluding hydrogens is 258 g/mol. The maximum absolute atomic E-state index is 12.6. The van der Waals surface area contributed by atoms with Crippen LogP contribution in [0.4, 0.5) is 5.69 Å². The highest BCUT2D eigenvalue weighted by molar-refractivity contribution is 5.99. The number of fused-ring (bicyclic) bond motifs is 1. The van der Waals surface area contributed by atoms with Crippen molar-refractivity contribution in [3.05, 3.63) is 65.7 Å². The van der Waals surface area contributed by atoms with Crippen LogP contribution in [0, 0.1) is 0 Å². The number of para-hydroxylation sites is 1. The van der Waals surface area contributed by atoms with E-state index in [-0.39, 0.29) is 17.7 Å². The van der Waals surface area contributed by atoms with Crippen molar-refractivity contribution in [3.8, 4) is 0 Å². The zero-order chi connectivity index (χ0) is 14.7. The quantitative estimate of drug-likeness (QED) is 0.863. The zero-order valence-electron chi connectivity index (χ0n) is 12.4. The molecule has 1 N–H and O–H groups in total. The van der Waals surface area contributed by atoms with E-state index in [1.165, 1.54) is 5.56 Å². The average molecular weight is 279 g/mol. The third-order valence-corrected chi connectivity index (χ3v) is 4.33. The first-order chi connectivity index (χ1) is 10.3. The fourth-order valence-electron chi connectivity index (χ4n) is 3.30. The Balaban J connectivity index is 2.03. The molecule has 2 heteroatoms. The molecule has 2 nitrogen and oxygen atoms in total. The Morgan fingerprint density at radius 2 is 1.71 bits per heavy atom. The summed E-state index contributed by atoms with van der Waals surface area (Å²) in [7, 11) is 0. The van der Waals surface area contributed by atoms with Gasteiger partial charge in [-0.05, 0) is 23.6 Å². The molecule has 1 aliphatic rings. The summed E-state index contributed by atoms with van der Waals surface area (Å²) in [6, 6.07) is 18.4. The molecule has 0 radical (unpaired) electrons. The van der Waals surface area contributed by atoms with Crippen LogP contribution in [0.25, 0.3) is 0 Å². The van der Waals surface area contributed by atoms with Crippen LogP contribution in [0.2, 0.25) is 0 Å². The van der Waals surface area contributed by atoms with Crippen molar-refractivity contribution in [1.29, 1.82) is 0 Å². The number of carbonyl (C=O) groups is 1. The van der Waals surface area contributed by atoms with E-state index in [0.29, 0.717) is 0 Å². The molecule has 1 amide bonds. The number of anilines is 1. The topological polar surface area (TPSA) is 29.1 Å². The zero-order valence-corrected chi connectivity index (χ0v) is 12.4. The van der Waals surface area contributed by atoms with Crippen LogP contribution in [-0.4, -0.2) is 5.91 Å². The second-order valence-electron chi connectivity index (χ2n) is 5.71.